The van der Waals surface area contributed by atoms with Gasteiger partial charge in [0, 0.05) is 31.9 Å². The summed E-state index contributed by atoms with van der Waals surface area (Å²) in [7, 11) is 5.88. The molecule has 0 unspecified atom stereocenters. The molecule has 29 heavy (non-hydrogen) atoms. The van der Waals surface area contributed by atoms with Crippen LogP contribution in [0.4, 0.5) is 0 Å². The molecule has 3 aromatic rings. The minimum atomic E-state index is -0.226. The molecule has 2 atom stereocenters. The van der Waals surface area contributed by atoms with E-state index in [9.17, 15) is 4.79 Å². The van der Waals surface area contributed by atoms with Gasteiger partial charge < -0.3 is 14.5 Å². The zero-order valence-corrected chi connectivity index (χ0v) is 16.8. The van der Waals surface area contributed by atoms with E-state index in [1.807, 2.05) is 62.7 Å². The maximum Gasteiger partial charge on any atom is 0.256 e. The van der Waals surface area contributed by atoms with Crippen LogP contribution in [-0.2, 0) is 11.8 Å². The number of rotatable bonds is 5. The fourth-order valence-corrected chi connectivity index (χ4v) is 3.80. The van der Waals surface area contributed by atoms with Crippen molar-refractivity contribution in [1.29, 1.82) is 0 Å². The molecule has 9 heteroatoms. The van der Waals surface area contributed by atoms with Crippen molar-refractivity contribution in [3.05, 3.63) is 60.4 Å². The molecule has 3 heterocycles. The van der Waals surface area contributed by atoms with Crippen molar-refractivity contribution in [1.82, 2.24) is 34.3 Å². The van der Waals surface area contributed by atoms with Crippen LogP contribution in [0.5, 0.6) is 0 Å². The lowest BCUT2D eigenvalue weighted by Crippen LogP contribution is -2.51. The Morgan fingerprint density at radius 3 is 2.79 bits per heavy atom. The van der Waals surface area contributed by atoms with E-state index in [4.69, 9.17) is 4.74 Å². The van der Waals surface area contributed by atoms with Gasteiger partial charge in [-0.3, -0.25) is 9.48 Å². The van der Waals surface area contributed by atoms with Crippen molar-refractivity contribution in [2.45, 2.75) is 12.1 Å². The number of amides is 1. The zero-order valence-electron chi connectivity index (χ0n) is 16.8. The van der Waals surface area contributed by atoms with E-state index >= 15 is 0 Å². The fourth-order valence-electron chi connectivity index (χ4n) is 3.80. The van der Waals surface area contributed by atoms with E-state index in [0.29, 0.717) is 30.9 Å². The quantitative estimate of drug-likeness (QED) is 0.645. The van der Waals surface area contributed by atoms with E-state index in [1.165, 1.54) is 6.33 Å². The number of para-hydroxylation sites is 1. The summed E-state index contributed by atoms with van der Waals surface area (Å²) in [6, 6.07) is 7.23. The predicted octanol–water partition coefficient (Wildman–Crippen LogP) is 1.14. The molecule has 1 aliphatic rings. The molecule has 1 amide bonds. The van der Waals surface area contributed by atoms with Crippen molar-refractivity contribution in [3.8, 4) is 5.69 Å². The Morgan fingerprint density at radius 2 is 2.10 bits per heavy atom. The van der Waals surface area contributed by atoms with Gasteiger partial charge in [-0.25, -0.2) is 9.67 Å². The number of ether oxygens (including phenoxy) is 1. The molecule has 1 aromatic carbocycles. The number of morpholine rings is 1. The summed E-state index contributed by atoms with van der Waals surface area (Å²) < 4.78 is 9.45. The smallest absolute Gasteiger partial charge is 0.256 e. The highest BCUT2D eigenvalue weighted by Gasteiger charge is 2.38. The molecule has 1 saturated heterocycles. The van der Waals surface area contributed by atoms with Crippen molar-refractivity contribution < 1.29 is 9.53 Å². The second-order valence-corrected chi connectivity index (χ2v) is 7.42. The molecular formula is C20H25N7O2. The third-order valence-corrected chi connectivity index (χ3v) is 5.02. The molecule has 1 aliphatic heterocycles. The molecule has 0 saturated carbocycles. The lowest BCUT2D eigenvalue weighted by Gasteiger charge is -2.42. The van der Waals surface area contributed by atoms with Crippen LogP contribution in [0, 0.1) is 0 Å². The van der Waals surface area contributed by atoms with Crippen LogP contribution in [-0.4, -0.2) is 80.1 Å². The van der Waals surface area contributed by atoms with E-state index in [1.54, 1.807) is 15.7 Å². The minimum Gasteiger partial charge on any atom is -0.373 e. The summed E-state index contributed by atoms with van der Waals surface area (Å²) in [6.07, 6.45) is 6.67. The summed E-state index contributed by atoms with van der Waals surface area (Å²) in [5.41, 5.74) is 2.25. The highest BCUT2D eigenvalue weighted by atomic mass is 16.5. The molecule has 0 bridgehead atoms. The van der Waals surface area contributed by atoms with Crippen LogP contribution >= 0.6 is 0 Å². The topological polar surface area (TPSA) is 81.3 Å². The molecule has 0 radical (unpaired) electrons. The Kier molecular flexibility index (Phi) is 5.41. The van der Waals surface area contributed by atoms with Crippen molar-refractivity contribution >= 4 is 5.91 Å². The molecule has 9 nitrogen and oxygen atoms in total. The number of aryl methyl sites for hydroxylation is 1. The number of likely N-dealkylation sites (N-methyl/N-ethyl adjacent to an activating group) is 1. The molecular weight excluding hydrogens is 370 g/mol. The first-order valence-corrected chi connectivity index (χ1v) is 9.54. The van der Waals surface area contributed by atoms with E-state index in [-0.39, 0.29) is 18.1 Å². The molecule has 152 valence electrons. The van der Waals surface area contributed by atoms with E-state index < -0.39 is 0 Å². The van der Waals surface area contributed by atoms with Crippen molar-refractivity contribution in [2.24, 2.45) is 7.05 Å². The number of benzene rings is 1. The lowest BCUT2D eigenvalue weighted by molar-refractivity contribution is -0.0684. The Morgan fingerprint density at radius 1 is 1.28 bits per heavy atom. The number of carbonyl (C=O) groups excluding carboxylic acids is 1. The van der Waals surface area contributed by atoms with Crippen LogP contribution in [0.2, 0.25) is 0 Å². The number of nitrogens with zero attached hydrogens (tertiary/aromatic N) is 7. The highest BCUT2D eigenvalue weighted by molar-refractivity contribution is 5.98. The monoisotopic (exact) mass is 395 g/mol. The maximum absolute atomic E-state index is 13.7. The van der Waals surface area contributed by atoms with Crippen LogP contribution in [0.3, 0.4) is 0 Å². The average Bonchev–Trinajstić information content (AvgIpc) is 3.39. The van der Waals surface area contributed by atoms with Crippen LogP contribution in [0.1, 0.15) is 22.0 Å². The molecule has 2 aromatic heterocycles. The van der Waals surface area contributed by atoms with Crippen LogP contribution < -0.4 is 0 Å². The number of hydrogen-bond donors (Lipinski definition) is 0. The van der Waals surface area contributed by atoms with Crippen LogP contribution in [0.15, 0.2) is 49.3 Å². The lowest BCUT2D eigenvalue weighted by atomic mass is 9.99. The van der Waals surface area contributed by atoms with Gasteiger partial charge in [0.05, 0.1) is 36.2 Å². The fraction of sp³-hybridized carbons (Fsp3) is 0.400. The van der Waals surface area contributed by atoms with Gasteiger partial charge >= 0.3 is 0 Å². The first kappa shape index (κ1) is 19.3. The summed E-state index contributed by atoms with van der Waals surface area (Å²) in [5, 5.41) is 8.52. The summed E-state index contributed by atoms with van der Waals surface area (Å²) in [5.74, 6) is -0.0583. The molecule has 0 spiro atoms. The van der Waals surface area contributed by atoms with Crippen molar-refractivity contribution in [3.63, 3.8) is 0 Å². The van der Waals surface area contributed by atoms with E-state index in [2.05, 4.69) is 20.1 Å². The third kappa shape index (κ3) is 3.92. The second-order valence-electron chi connectivity index (χ2n) is 7.42. The SMILES string of the molecule is CN(C)C[C@@H]1OCCN(C(=O)c2ccccc2-n2cncn2)[C@H]1c1cnn(C)c1. The Bertz CT molecular complexity index is 967. The second kappa shape index (κ2) is 8.14. The van der Waals surface area contributed by atoms with Gasteiger partial charge in [-0.2, -0.15) is 10.2 Å². The molecule has 1 fully saturated rings. The zero-order chi connectivity index (χ0) is 20.4. The van der Waals surface area contributed by atoms with Gasteiger partial charge in [-0.15, -0.1) is 0 Å². The largest absolute Gasteiger partial charge is 0.373 e. The summed E-state index contributed by atoms with van der Waals surface area (Å²) >= 11 is 0. The van der Waals surface area contributed by atoms with Gasteiger partial charge in [0.1, 0.15) is 12.7 Å². The van der Waals surface area contributed by atoms with E-state index in [0.717, 1.165) is 5.56 Å². The first-order valence-electron chi connectivity index (χ1n) is 9.54. The predicted molar refractivity (Wildman–Crippen MR) is 107 cm³/mol. The van der Waals surface area contributed by atoms with Gasteiger partial charge in [-0.1, -0.05) is 12.1 Å². The highest BCUT2D eigenvalue weighted by Crippen LogP contribution is 2.32. The number of hydrogen-bond acceptors (Lipinski definition) is 6. The Balaban J connectivity index is 1.73. The van der Waals surface area contributed by atoms with Crippen molar-refractivity contribution in [2.75, 3.05) is 33.8 Å². The van der Waals surface area contributed by atoms with Gasteiger partial charge in [-0.05, 0) is 26.2 Å². The Labute approximate surface area is 169 Å². The Hall–Kier alpha value is -3.04. The van der Waals surface area contributed by atoms with Gasteiger partial charge in [0.25, 0.3) is 5.91 Å². The van der Waals surface area contributed by atoms with Crippen LogP contribution in [0.25, 0.3) is 5.69 Å². The molecule has 4 rings (SSSR count). The average molecular weight is 395 g/mol. The number of carbonyl (C=O) groups is 1. The third-order valence-electron chi connectivity index (χ3n) is 5.02. The molecule has 0 N–H and O–H groups in total. The standard InChI is InChI=1S/C20H25N7O2/c1-24(2)12-18-19(15-10-22-25(3)11-15)26(8-9-29-18)20(28)16-6-4-5-7-17(16)27-14-21-13-23-27/h4-7,10-11,13-14,18-19H,8-9,12H2,1-3H3/t18-,19-/m0/s1. The molecule has 0 aliphatic carbocycles. The van der Waals surface area contributed by atoms with Gasteiger partial charge in [0.15, 0.2) is 0 Å². The van der Waals surface area contributed by atoms with Gasteiger partial charge in [0.2, 0.25) is 0 Å². The first-order chi connectivity index (χ1) is 14.0. The summed E-state index contributed by atoms with van der Waals surface area (Å²) in [6.45, 7) is 1.70. The summed E-state index contributed by atoms with van der Waals surface area (Å²) in [4.78, 5) is 21.7. The minimum absolute atomic E-state index is 0.0583. The normalized spacial score (nSPS) is 19.7. The number of aromatic nitrogens is 5. The maximum atomic E-state index is 13.7.